The molecule has 11 heteroatoms. The van der Waals surface area contributed by atoms with Gasteiger partial charge >= 0.3 is 0 Å². The minimum atomic E-state index is -2.73. The molecule has 36 heavy (non-hydrogen) atoms. The molecule has 1 unspecified atom stereocenters. The molecule has 2 aromatic rings. The fourth-order valence-corrected chi connectivity index (χ4v) is 6.22. The van der Waals surface area contributed by atoms with E-state index in [0.29, 0.717) is 11.1 Å². The van der Waals surface area contributed by atoms with E-state index in [0.717, 1.165) is 5.56 Å². The van der Waals surface area contributed by atoms with Gasteiger partial charge in [0.2, 0.25) is 11.7 Å². The van der Waals surface area contributed by atoms with E-state index in [9.17, 15) is 34.5 Å². The zero-order valence-electron chi connectivity index (χ0n) is 19.9. The first-order valence-electron chi connectivity index (χ1n) is 11.5. The van der Waals surface area contributed by atoms with Crippen molar-refractivity contribution >= 4 is 29.0 Å². The highest BCUT2D eigenvalue weighted by molar-refractivity contribution is 6.32. The van der Waals surface area contributed by atoms with E-state index in [1.807, 2.05) is 0 Å². The number of likely N-dealkylation sites (N-methyl/N-ethyl adjacent to an activating group) is 1. The van der Waals surface area contributed by atoms with Crippen molar-refractivity contribution in [3.8, 4) is 16.9 Å². The Morgan fingerprint density at radius 2 is 1.92 bits per heavy atom. The highest BCUT2D eigenvalue weighted by Gasteiger charge is 2.67. The first-order valence-corrected chi connectivity index (χ1v) is 11.5. The number of phenols is 1. The van der Waals surface area contributed by atoms with Crippen molar-refractivity contribution < 1.29 is 34.5 Å². The second-order valence-corrected chi connectivity index (χ2v) is 10.00. The molecular formula is C25H26N4O7. The summed E-state index contributed by atoms with van der Waals surface area (Å²) in [6, 6.07) is 1.96. The van der Waals surface area contributed by atoms with Crippen molar-refractivity contribution in [2.45, 2.75) is 24.5 Å². The molecule has 0 spiro atoms. The molecule has 0 aliphatic heterocycles. The first-order chi connectivity index (χ1) is 16.9. The first kappa shape index (κ1) is 23.9. The molecule has 3 aliphatic carbocycles. The number of ketones is 3. The van der Waals surface area contributed by atoms with Crippen LogP contribution in [0.15, 0.2) is 30.1 Å². The van der Waals surface area contributed by atoms with Gasteiger partial charge in [0.25, 0.3) is 0 Å². The smallest absolute Gasteiger partial charge is 0.235 e. The van der Waals surface area contributed by atoms with Gasteiger partial charge in [-0.2, -0.15) is 5.10 Å². The summed E-state index contributed by atoms with van der Waals surface area (Å²) in [6.07, 6.45) is 3.62. The van der Waals surface area contributed by atoms with E-state index in [2.05, 4.69) is 5.10 Å². The fourth-order valence-electron chi connectivity index (χ4n) is 6.22. The number of amides is 1. The summed E-state index contributed by atoms with van der Waals surface area (Å²) in [5.74, 6) is -8.95. The molecule has 1 heterocycles. The number of fused-ring (bicyclic) bond motifs is 3. The Balaban J connectivity index is 1.71. The van der Waals surface area contributed by atoms with E-state index in [4.69, 9.17) is 5.73 Å². The van der Waals surface area contributed by atoms with E-state index in [-0.39, 0.29) is 29.7 Å². The lowest BCUT2D eigenvalue weighted by Gasteiger charge is -2.51. The number of benzene rings is 1. The molecule has 2 saturated carbocycles. The summed E-state index contributed by atoms with van der Waals surface area (Å²) in [6.45, 7) is 0. The van der Waals surface area contributed by atoms with Crippen LogP contribution < -0.4 is 5.73 Å². The van der Waals surface area contributed by atoms with Crippen LogP contribution in [0.5, 0.6) is 5.75 Å². The Kier molecular flexibility index (Phi) is 5.20. The van der Waals surface area contributed by atoms with Gasteiger partial charge in [0.05, 0.1) is 17.8 Å². The zero-order valence-corrected chi connectivity index (χ0v) is 19.9. The van der Waals surface area contributed by atoms with Crippen LogP contribution in [0.25, 0.3) is 16.9 Å². The maximum Gasteiger partial charge on any atom is 0.235 e. The van der Waals surface area contributed by atoms with Crippen molar-refractivity contribution in [2.75, 3.05) is 14.1 Å². The van der Waals surface area contributed by atoms with Crippen LogP contribution in [-0.4, -0.2) is 79.0 Å². The molecule has 3 aliphatic rings. The molecule has 0 bridgehead atoms. The Labute approximate surface area is 205 Å². The number of aryl methyl sites for hydroxylation is 1. The van der Waals surface area contributed by atoms with E-state index < -0.39 is 58.4 Å². The maximum absolute atomic E-state index is 13.8. The third-order valence-corrected chi connectivity index (χ3v) is 7.76. The number of hydrogen-bond acceptors (Lipinski definition) is 9. The summed E-state index contributed by atoms with van der Waals surface area (Å²) in [7, 11) is 4.86. The van der Waals surface area contributed by atoms with E-state index in [1.165, 1.54) is 11.0 Å². The summed E-state index contributed by atoms with van der Waals surface area (Å²) in [4.78, 5) is 53.7. The topological polar surface area (TPSA) is 176 Å². The Hall–Kier alpha value is -3.83. The van der Waals surface area contributed by atoms with Gasteiger partial charge in [0.1, 0.15) is 11.5 Å². The molecule has 11 nitrogen and oxygen atoms in total. The number of nitrogens with two attached hydrogens (primary N) is 1. The molecule has 1 amide bonds. The monoisotopic (exact) mass is 494 g/mol. The number of aliphatic hydroxyl groups is 2. The summed E-state index contributed by atoms with van der Waals surface area (Å²) >= 11 is 0. The largest absolute Gasteiger partial charge is 0.507 e. The molecular weight excluding hydrogens is 468 g/mol. The predicted octanol–water partition coefficient (Wildman–Crippen LogP) is -0.262. The quantitative estimate of drug-likeness (QED) is 0.419. The van der Waals surface area contributed by atoms with Gasteiger partial charge in [-0.25, -0.2) is 0 Å². The number of carbonyl (C=O) groups is 4. The number of carbonyl (C=O) groups excluding carboxylic acids is 4. The van der Waals surface area contributed by atoms with Crippen LogP contribution in [0.4, 0.5) is 0 Å². The molecule has 188 valence electrons. The van der Waals surface area contributed by atoms with Gasteiger partial charge in [-0.1, -0.05) is 6.07 Å². The minimum absolute atomic E-state index is 0.00895. The number of aromatic hydroxyl groups is 1. The van der Waals surface area contributed by atoms with Crippen LogP contribution in [0.1, 0.15) is 17.5 Å². The summed E-state index contributed by atoms with van der Waals surface area (Å²) < 4.78 is 1.61. The molecule has 5 N–H and O–H groups in total. The zero-order chi connectivity index (χ0) is 26.3. The van der Waals surface area contributed by atoms with Gasteiger partial charge in [-0.05, 0) is 50.0 Å². The van der Waals surface area contributed by atoms with Gasteiger partial charge < -0.3 is 21.1 Å². The molecule has 5 rings (SSSR count). The lowest BCUT2D eigenvalue weighted by Crippen LogP contribution is -2.72. The SMILES string of the molecule is CN(C)[C@@H]1C(=O)C(C(N)=O)C(=O)[C@@]2(O)C(=O)C3=C(O)c4c(O)ccc(-c5cnn(C)c5)c4C[C@H]3C[C@@H]12. The third kappa shape index (κ3) is 3.02. The normalized spacial score (nSPS) is 29.8. The van der Waals surface area contributed by atoms with E-state index in [1.54, 1.807) is 44.3 Å². The second-order valence-electron chi connectivity index (χ2n) is 10.00. The fraction of sp³-hybridized carbons (Fsp3) is 0.400. The molecule has 0 saturated heterocycles. The minimum Gasteiger partial charge on any atom is -0.507 e. The maximum atomic E-state index is 13.8. The van der Waals surface area contributed by atoms with Crippen molar-refractivity contribution in [3.63, 3.8) is 0 Å². The summed E-state index contributed by atoms with van der Waals surface area (Å²) in [5, 5.41) is 37.7. The number of aliphatic hydroxyl groups excluding tert-OH is 1. The lowest BCUT2D eigenvalue weighted by atomic mass is 9.54. The lowest BCUT2D eigenvalue weighted by molar-refractivity contribution is -0.175. The number of primary amides is 1. The van der Waals surface area contributed by atoms with Crippen LogP contribution in [-0.2, 0) is 32.6 Å². The number of aromatic nitrogens is 2. The molecule has 2 fully saturated rings. The van der Waals surface area contributed by atoms with Crippen molar-refractivity contribution in [1.29, 1.82) is 0 Å². The van der Waals surface area contributed by atoms with Crippen molar-refractivity contribution in [3.05, 3.63) is 41.2 Å². The number of Topliss-reactive ketones (excluding diaryl/α,β-unsaturated/α-hetero) is 3. The Morgan fingerprint density at radius 1 is 1.22 bits per heavy atom. The van der Waals surface area contributed by atoms with Gasteiger partial charge in [0.15, 0.2) is 23.1 Å². The number of hydrogen-bond donors (Lipinski definition) is 4. The Bertz CT molecular complexity index is 1390. The predicted molar refractivity (Wildman–Crippen MR) is 125 cm³/mol. The molecule has 1 aromatic heterocycles. The van der Waals surface area contributed by atoms with Crippen LogP contribution in [0.2, 0.25) is 0 Å². The van der Waals surface area contributed by atoms with Crippen LogP contribution in [0.3, 0.4) is 0 Å². The molecule has 0 radical (unpaired) electrons. The highest BCUT2D eigenvalue weighted by Crippen LogP contribution is 2.52. The number of nitrogens with zero attached hydrogens (tertiary/aromatic N) is 3. The standard InChI is InChI=1S/C25H26N4O7/c1-28(2)19-14-7-10-6-13-12(11-8-27-29(3)9-11)4-5-15(30)17(13)20(31)16(10)22(33)25(14,36)23(34)18(21(19)32)24(26)35/h4-5,8-10,14,18-19,30-31,36H,6-7H2,1-3H3,(H2,26,35)/t10-,14-,18?,19-,25-/m0/s1. The number of rotatable bonds is 3. The van der Waals surface area contributed by atoms with Crippen molar-refractivity contribution in [2.24, 2.45) is 30.5 Å². The molecule has 5 atom stereocenters. The average molecular weight is 495 g/mol. The van der Waals surface area contributed by atoms with E-state index >= 15 is 0 Å². The van der Waals surface area contributed by atoms with Gasteiger partial charge in [0, 0.05) is 30.3 Å². The molecule has 1 aromatic carbocycles. The summed E-state index contributed by atoms with van der Waals surface area (Å²) in [5.41, 5.74) is 4.45. The number of phenolic OH excluding ortho intramolecular Hbond substituents is 1. The second kappa shape index (κ2) is 7.84. The third-order valence-electron chi connectivity index (χ3n) is 7.76. The van der Waals surface area contributed by atoms with Gasteiger partial charge in [-0.15, -0.1) is 0 Å². The van der Waals surface area contributed by atoms with Gasteiger partial charge in [-0.3, -0.25) is 28.8 Å². The Morgan fingerprint density at radius 3 is 2.50 bits per heavy atom. The van der Waals surface area contributed by atoms with Crippen LogP contribution in [0, 0.1) is 17.8 Å². The average Bonchev–Trinajstić information content (AvgIpc) is 3.22. The van der Waals surface area contributed by atoms with Crippen LogP contribution >= 0.6 is 0 Å². The highest BCUT2D eigenvalue weighted by atomic mass is 16.3. The van der Waals surface area contributed by atoms with Crippen molar-refractivity contribution in [1.82, 2.24) is 14.7 Å².